The molecule has 1 aliphatic rings. The zero-order chi connectivity index (χ0) is 18.1. The number of piperidine rings is 1. The monoisotopic (exact) mass is 388 g/mol. The van der Waals surface area contributed by atoms with E-state index in [0.717, 1.165) is 35.1 Å². The predicted molar refractivity (Wildman–Crippen MR) is 104 cm³/mol. The van der Waals surface area contributed by atoms with Crippen molar-refractivity contribution in [2.24, 2.45) is 7.05 Å². The van der Waals surface area contributed by atoms with E-state index in [4.69, 9.17) is 0 Å². The van der Waals surface area contributed by atoms with Crippen LogP contribution in [-0.2, 0) is 18.3 Å². The summed E-state index contributed by atoms with van der Waals surface area (Å²) in [5, 5.41) is 5.77. The Morgan fingerprint density at radius 3 is 2.74 bits per heavy atom. The highest BCUT2D eigenvalue weighted by atomic mass is 35.5. The number of carbonyl (C=O) groups is 1. The number of benzene rings is 1. The molecule has 1 aliphatic heterocycles. The van der Waals surface area contributed by atoms with Crippen molar-refractivity contribution in [2.45, 2.75) is 25.2 Å². The third kappa shape index (κ3) is 3.95. The van der Waals surface area contributed by atoms with E-state index in [0.29, 0.717) is 19.0 Å². The number of hydrogen-bond acceptors (Lipinski definition) is 3. The Bertz CT molecular complexity index is 950. The van der Waals surface area contributed by atoms with Gasteiger partial charge in [-0.15, -0.1) is 12.4 Å². The molecule has 0 bridgehead atoms. The largest absolute Gasteiger partial charge is 0.342 e. The summed E-state index contributed by atoms with van der Waals surface area (Å²) in [7, 11) is 1.91. The maximum absolute atomic E-state index is 13.3. The molecule has 0 spiro atoms. The van der Waals surface area contributed by atoms with Crippen molar-refractivity contribution >= 4 is 29.3 Å². The van der Waals surface area contributed by atoms with E-state index in [9.17, 15) is 9.18 Å². The van der Waals surface area contributed by atoms with E-state index in [2.05, 4.69) is 16.1 Å². The van der Waals surface area contributed by atoms with Gasteiger partial charge in [-0.1, -0.05) is 12.1 Å². The van der Waals surface area contributed by atoms with Crippen LogP contribution in [0.3, 0.4) is 0 Å². The van der Waals surface area contributed by atoms with E-state index in [1.54, 1.807) is 18.3 Å². The minimum atomic E-state index is -0.301. The molecule has 142 valence electrons. The van der Waals surface area contributed by atoms with E-state index >= 15 is 0 Å². The van der Waals surface area contributed by atoms with Crippen LogP contribution in [0.15, 0.2) is 42.6 Å². The van der Waals surface area contributed by atoms with Crippen molar-refractivity contribution < 1.29 is 9.18 Å². The second kappa shape index (κ2) is 8.05. The van der Waals surface area contributed by atoms with Crippen LogP contribution in [0.2, 0.25) is 0 Å². The number of likely N-dealkylation sites (tertiary alicyclic amines) is 1. The number of fused-ring (bicyclic) bond motifs is 1. The number of carbonyl (C=O) groups excluding carboxylic acids is 1. The van der Waals surface area contributed by atoms with Gasteiger partial charge < -0.3 is 4.90 Å². The third-order valence-corrected chi connectivity index (χ3v) is 5.11. The first kappa shape index (κ1) is 19.3. The molecule has 1 fully saturated rings. The van der Waals surface area contributed by atoms with E-state index in [1.165, 1.54) is 12.1 Å². The molecule has 2 aromatic heterocycles. The topological polar surface area (TPSA) is 51.0 Å². The summed E-state index contributed by atoms with van der Waals surface area (Å²) in [5.74, 6) is 0.0902. The van der Waals surface area contributed by atoms with Gasteiger partial charge in [0.15, 0.2) is 5.65 Å². The number of pyridine rings is 1. The number of halogens is 2. The molecular weight excluding hydrogens is 367 g/mol. The van der Waals surface area contributed by atoms with Crippen LogP contribution in [0.1, 0.15) is 30.0 Å². The van der Waals surface area contributed by atoms with Gasteiger partial charge in [0.2, 0.25) is 5.91 Å². The summed E-state index contributed by atoms with van der Waals surface area (Å²) in [4.78, 5) is 18.8. The van der Waals surface area contributed by atoms with Gasteiger partial charge in [-0.25, -0.2) is 9.37 Å². The van der Waals surface area contributed by atoms with Crippen LogP contribution in [0.5, 0.6) is 0 Å². The summed E-state index contributed by atoms with van der Waals surface area (Å²) in [6, 6.07) is 10.3. The fourth-order valence-corrected chi connectivity index (χ4v) is 3.75. The zero-order valence-electron chi connectivity index (χ0n) is 15.1. The lowest BCUT2D eigenvalue weighted by atomic mass is 9.91. The molecule has 0 atom stereocenters. The Labute approximate surface area is 163 Å². The van der Waals surface area contributed by atoms with Crippen LogP contribution in [0.4, 0.5) is 4.39 Å². The van der Waals surface area contributed by atoms with Crippen LogP contribution < -0.4 is 0 Å². The Morgan fingerprint density at radius 1 is 1.22 bits per heavy atom. The zero-order valence-corrected chi connectivity index (χ0v) is 16.0. The average Bonchev–Trinajstić information content (AvgIpc) is 2.99. The van der Waals surface area contributed by atoms with E-state index in [-0.39, 0.29) is 30.6 Å². The van der Waals surface area contributed by atoms with Crippen LogP contribution in [-0.4, -0.2) is 38.7 Å². The normalized spacial score (nSPS) is 15.0. The van der Waals surface area contributed by atoms with Gasteiger partial charge in [0.1, 0.15) is 5.82 Å². The molecule has 0 N–H and O–H groups in total. The minimum absolute atomic E-state index is 0. The molecule has 7 heteroatoms. The first-order chi connectivity index (χ1) is 12.6. The van der Waals surface area contributed by atoms with Gasteiger partial charge in [-0.05, 0) is 42.7 Å². The van der Waals surface area contributed by atoms with Crippen molar-refractivity contribution in [1.29, 1.82) is 0 Å². The smallest absolute Gasteiger partial charge is 0.226 e. The number of aryl methyl sites for hydroxylation is 1. The molecular formula is C20H22ClFN4O. The lowest BCUT2D eigenvalue weighted by molar-refractivity contribution is -0.131. The molecule has 1 amide bonds. The lowest BCUT2D eigenvalue weighted by Gasteiger charge is -2.31. The average molecular weight is 389 g/mol. The molecule has 3 heterocycles. The number of rotatable bonds is 3. The molecule has 0 radical (unpaired) electrons. The minimum Gasteiger partial charge on any atom is -0.342 e. The first-order valence-corrected chi connectivity index (χ1v) is 8.91. The Balaban J connectivity index is 0.00000210. The molecule has 0 aliphatic carbocycles. The summed E-state index contributed by atoms with van der Waals surface area (Å²) < 4.78 is 15.1. The van der Waals surface area contributed by atoms with Gasteiger partial charge in [0, 0.05) is 37.6 Å². The second-order valence-electron chi connectivity index (χ2n) is 6.85. The van der Waals surface area contributed by atoms with Gasteiger partial charge in [-0.2, -0.15) is 5.10 Å². The maximum atomic E-state index is 13.3. The number of nitrogens with zero attached hydrogens (tertiary/aromatic N) is 4. The van der Waals surface area contributed by atoms with Crippen molar-refractivity contribution in [3.8, 4) is 0 Å². The highest BCUT2D eigenvalue weighted by molar-refractivity contribution is 5.85. The highest BCUT2D eigenvalue weighted by Gasteiger charge is 2.27. The predicted octanol–water partition coefficient (Wildman–Crippen LogP) is 3.48. The number of aromatic nitrogens is 3. The lowest BCUT2D eigenvalue weighted by Crippen LogP contribution is -2.38. The summed E-state index contributed by atoms with van der Waals surface area (Å²) >= 11 is 0. The Hall–Kier alpha value is -2.47. The van der Waals surface area contributed by atoms with Crippen molar-refractivity contribution in [3.05, 3.63) is 59.7 Å². The summed E-state index contributed by atoms with van der Waals surface area (Å²) in [5.41, 5.74) is 2.69. The van der Waals surface area contributed by atoms with E-state index in [1.807, 2.05) is 22.7 Å². The Morgan fingerprint density at radius 2 is 2.00 bits per heavy atom. The van der Waals surface area contributed by atoms with Crippen LogP contribution in [0, 0.1) is 5.82 Å². The van der Waals surface area contributed by atoms with E-state index < -0.39 is 0 Å². The van der Waals surface area contributed by atoms with Gasteiger partial charge in [0.05, 0.1) is 12.1 Å². The SMILES string of the molecule is Cl.Cn1nc(C2CCN(C(=O)Cc3cccc(F)c3)CC2)c2cccnc21. The number of hydrogen-bond donors (Lipinski definition) is 0. The quantitative estimate of drug-likeness (QED) is 0.690. The van der Waals surface area contributed by atoms with Gasteiger partial charge >= 0.3 is 0 Å². The maximum Gasteiger partial charge on any atom is 0.226 e. The van der Waals surface area contributed by atoms with Gasteiger partial charge in [0.25, 0.3) is 0 Å². The molecule has 27 heavy (non-hydrogen) atoms. The molecule has 3 aromatic rings. The van der Waals surface area contributed by atoms with Crippen molar-refractivity contribution in [2.75, 3.05) is 13.1 Å². The molecule has 1 saturated heterocycles. The van der Waals surface area contributed by atoms with Crippen molar-refractivity contribution in [3.63, 3.8) is 0 Å². The molecule has 0 unspecified atom stereocenters. The molecule has 1 aromatic carbocycles. The van der Waals surface area contributed by atoms with Crippen LogP contribution >= 0.6 is 12.4 Å². The van der Waals surface area contributed by atoms with Crippen LogP contribution in [0.25, 0.3) is 11.0 Å². The highest BCUT2D eigenvalue weighted by Crippen LogP contribution is 2.31. The molecule has 5 nitrogen and oxygen atoms in total. The molecule has 4 rings (SSSR count). The Kier molecular flexibility index (Phi) is 5.75. The standard InChI is InChI=1S/C20H21FN4O.ClH/c1-24-20-17(6-3-9-22-20)19(23-24)15-7-10-25(11-8-15)18(26)13-14-4-2-5-16(21)12-14;/h2-6,9,12,15H,7-8,10-11,13H2,1H3;1H. The fraction of sp³-hybridized carbons (Fsp3) is 0.350. The third-order valence-electron chi connectivity index (χ3n) is 5.11. The number of amides is 1. The molecule has 0 saturated carbocycles. The summed E-state index contributed by atoms with van der Waals surface area (Å²) in [6.07, 6.45) is 3.80. The van der Waals surface area contributed by atoms with Crippen molar-refractivity contribution in [1.82, 2.24) is 19.7 Å². The first-order valence-electron chi connectivity index (χ1n) is 8.91. The summed E-state index contributed by atoms with van der Waals surface area (Å²) in [6.45, 7) is 1.41. The second-order valence-corrected chi connectivity index (χ2v) is 6.85. The fourth-order valence-electron chi connectivity index (χ4n) is 3.75. The van der Waals surface area contributed by atoms with Gasteiger partial charge in [-0.3, -0.25) is 9.48 Å².